The van der Waals surface area contributed by atoms with E-state index in [9.17, 15) is 4.57 Å². The molecule has 68 valence electrons. The van der Waals surface area contributed by atoms with Crippen LogP contribution >= 0.6 is 39.7 Å². The van der Waals surface area contributed by atoms with Crippen LogP contribution in [0, 0.1) is 0 Å². The molecule has 0 unspecified atom stereocenters. The number of phosphoric acid groups is 1. The van der Waals surface area contributed by atoms with Gasteiger partial charge in [-0.3, -0.25) is 4.52 Å². The zero-order valence-electron chi connectivity index (χ0n) is 5.83. The number of halogens is 2. The highest BCUT2D eigenvalue weighted by atomic mass is 79.9. The van der Waals surface area contributed by atoms with Gasteiger partial charge in [-0.25, -0.2) is 4.57 Å². The van der Waals surface area contributed by atoms with Crippen molar-refractivity contribution in [3.05, 3.63) is 0 Å². The fourth-order valence-electron chi connectivity index (χ4n) is 0.511. The molecule has 0 saturated carbocycles. The minimum Gasteiger partial charge on any atom is -0.303 e. The number of rotatable bonds is 4. The van der Waals surface area contributed by atoms with E-state index in [1.807, 2.05) is 6.92 Å². The summed E-state index contributed by atoms with van der Waals surface area (Å²) >= 11 is 5.96. The molecule has 0 bridgehead atoms. The van der Waals surface area contributed by atoms with Gasteiger partial charge in [-0.15, -0.1) is 0 Å². The molecule has 0 aliphatic heterocycles. The maximum Gasteiger partial charge on any atom is 0.471 e. The van der Waals surface area contributed by atoms with Crippen LogP contribution in [0.3, 0.4) is 0 Å². The molecule has 0 amide bonds. The number of phosphoric ester groups is 1. The molecule has 0 atom stereocenters. The van der Waals surface area contributed by atoms with Crippen LogP contribution in [0.2, 0.25) is 0 Å². The maximum absolute atomic E-state index is 10.3. The zero-order valence-corrected chi connectivity index (χ0v) is 9.89. The predicted octanol–water partition coefficient (Wildman–Crippen LogP) is 2.34. The molecular formula is C4H9Br2O4P. The van der Waals surface area contributed by atoms with E-state index in [-0.39, 0.29) is 0 Å². The zero-order chi connectivity index (χ0) is 9.12. The third kappa shape index (κ3) is 7.43. The van der Waals surface area contributed by atoms with Gasteiger partial charge in [0.25, 0.3) is 0 Å². The molecule has 0 spiro atoms. The Morgan fingerprint density at radius 2 is 2.00 bits per heavy atom. The van der Waals surface area contributed by atoms with E-state index in [4.69, 9.17) is 9.79 Å². The first kappa shape index (κ1) is 12.1. The van der Waals surface area contributed by atoms with Crippen molar-refractivity contribution in [3.63, 3.8) is 0 Å². The van der Waals surface area contributed by atoms with Crippen molar-refractivity contribution in [2.75, 3.05) is 0 Å². The minimum absolute atomic E-state index is 0.470. The van der Waals surface area contributed by atoms with Crippen molar-refractivity contribution in [1.82, 2.24) is 0 Å². The molecule has 0 radical (unpaired) electrons. The summed E-state index contributed by atoms with van der Waals surface area (Å²) in [6.07, 6.45) is 1.22. The molecule has 0 rings (SSSR count). The van der Waals surface area contributed by atoms with Gasteiger partial charge >= 0.3 is 7.82 Å². The lowest BCUT2D eigenvalue weighted by Crippen LogP contribution is -2.13. The smallest absolute Gasteiger partial charge is 0.303 e. The topological polar surface area (TPSA) is 66.8 Å². The lowest BCUT2D eigenvalue weighted by Gasteiger charge is -2.19. The third-order valence-electron chi connectivity index (χ3n) is 0.794. The Morgan fingerprint density at radius 1 is 1.55 bits per heavy atom. The molecule has 0 aromatic rings. The first-order valence-electron chi connectivity index (χ1n) is 2.91. The summed E-state index contributed by atoms with van der Waals surface area (Å²) in [5.41, 5.74) is 0. The van der Waals surface area contributed by atoms with E-state index in [1.54, 1.807) is 0 Å². The summed E-state index contributed by atoms with van der Waals surface area (Å²) < 4.78 is 13.6. The summed E-state index contributed by atoms with van der Waals surface area (Å²) in [5, 5.41) is 0. The Labute approximate surface area is 81.8 Å². The Bertz CT molecular complexity index is 165. The van der Waals surface area contributed by atoms with Gasteiger partial charge < -0.3 is 9.79 Å². The van der Waals surface area contributed by atoms with E-state index < -0.39 is 11.2 Å². The monoisotopic (exact) mass is 310 g/mol. The number of alkyl halides is 2. The highest BCUT2D eigenvalue weighted by Crippen LogP contribution is 2.48. The molecule has 0 aromatic heterocycles. The molecule has 2 N–H and O–H groups in total. The second kappa shape index (κ2) is 4.35. The van der Waals surface area contributed by atoms with Gasteiger partial charge in [0.15, 0.2) is 3.42 Å². The highest BCUT2D eigenvalue weighted by molar-refractivity contribution is 9.25. The van der Waals surface area contributed by atoms with Gasteiger partial charge in [0.2, 0.25) is 0 Å². The van der Waals surface area contributed by atoms with E-state index in [0.29, 0.717) is 6.42 Å². The Morgan fingerprint density at radius 3 is 2.27 bits per heavy atom. The van der Waals surface area contributed by atoms with E-state index in [2.05, 4.69) is 36.4 Å². The van der Waals surface area contributed by atoms with Gasteiger partial charge in [-0.2, -0.15) is 0 Å². The predicted molar refractivity (Wildman–Crippen MR) is 48.6 cm³/mol. The van der Waals surface area contributed by atoms with Crippen LogP contribution in [0.25, 0.3) is 0 Å². The summed E-state index contributed by atoms with van der Waals surface area (Å²) in [6.45, 7) is 1.88. The summed E-state index contributed by atoms with van der Waals surface area (Å²) in [7, 11) is -4.41. The molecule has 7 heteroatoms. The first-order chi connectivity index (χ1) is 4.77. The molecule has 0 fully saturated rings. The molecule has 0 heterocycles. The second-order valence-electron chi connectivity index (χ2n) is 1.97. The van der Waals surface area contributed by atoms with Crippen LogP contribution in [-0.2, 0) is 9.09 Å². The fourth-order valence-corrected chi connectivity index (χ4v) is 2.87. The van der Waals surface area contributed by atoms with Crippen LogP contribution in [0.4, 0.5) is 0 Å². The highest BCUT2D eigenvalue weighted by Gasteiger charge is 2.31. The van der Waals surface area contributed by atoms with Crippen LogP contribution in [0.5, 0.6) is 0 Å². The minimum atomic E-state index is -4.41. The van der Waals surface area contributed by atoms with Crippen molar-refractivity contribution in [2.24, 2.45) is 0 Å². The normalized spacial score (nSPS) is 13.5. The van der Waals surface area contributed by atoms with Gasteiger partial charge in [-0.1, -0.05) is 13.3 Å². The Balaban J connectivity index is 4.02. The Hall–Kier alpha value is 1.07. The maximum atomic E-state index is 10.3. The molecule has 11 heavy (non-hydrogen) atoms. The van der Waals surface area contributed by atoms with Crippen molar-refractivity contribution in [3.8, 4) is 0 Å². The SMILES string of the molecule is CCCC(Br)(Br)OP(=O)(O)O. The molecule has 4 nitrogen and oxygen atoms in total. The largest absolute Gasteiger partial charge is 0.471 e. The summed E-state index contributed by atoms with van der Waals surface area (Å²) in [5.74, 6) is 0. The number of hydrogen-bond donors (Lipinski definition) is 2. The molecular weight excluding hydrogens is 303 g/mol. The lowest BCUT2D eigenvalue weighted by atomic mass is 10.4. The van der Waals surface area contributed by atoms with Crippen molar-refractivity contribution < 1.29 is 18.9 Å². The number of hydrogen-bond acceptors (Lipinski definition) is 2. The average molecular weight is 312 g/mol. The second-order valence-corrected chi connectivity index (χ2v) is 6.76. The van der Waals surface area contributed by atoms with Crippen molar-refractivity contribution >= 4 is 39.7 Å². The van der Waals surface area contributed by atoms with Crippen LogP contribution < -0.4 is 0 Å². The fraction of sp³-hybridized carbons (Fsp3) is 1.00. The van der Waals surface area contributed by atoms with Gasteiger partial charge in [0, 0.05) is 0 Å². The lowest BCUT2D eigenvalue weighted by molar-refractivity contribution is 0.166. The van der Waals surface area contributed by atoms with Gasteiger partial charge in [0.05, 0.1) is 0 Å². The average Bonchev–Trinajstić information content (AvgIpc) is 1.55. The van der Waals surface area contributed by atoms with Crippen LogP contribution in [0.1, 0.15) is 19.8 Å². The first-order valence-corrected chi connectivity index (χ1v) is 6.02. The standard InChI is InChI=1S/C4H9Br2O4P/c1-2-3-4(5,6)10-11(7,8)9/h2-3H2,1H3,(H2,7,8,9). The van der Waals surface area contributed by atoms with Crippen LogP contribution in [-0.4, -0.2) is 13.2 Å². The molecule has 0 aliphatic rings. The van der Waals surface area contributed by atoms with Gasteiger partial charge in [-0.05, 0) is 38.3 Å². The Kier molecular flexibility index (Phi) is 4.77. The van der Waals surface area contributed by atoms with E-state index in [1.165, 1.54) is 0 Å². The van der Waals surface area contributed by atoms with Crippen molar-refractivity contribution in [1.29, 1.82) is 0 Å². The van der Waals surface area contributed by atoms with E-state index in [0.717, 1.165) is 6.42 Å². The summed E-state index contributed by atoms with van der Waals surface area (Å²) in [6, 6.07) is 0. The van der Waals surface area contributed by atoms with Gasteiger partial charge in [0.1, 0.15) is 0 Å². The molecule has 0 aromatic carbocycles. The third-order valence-corrected chi connectivity index (χ3v) is 2.96. The van der Waals surface area contributed by atoms with Crippen LogP contribution in [0.15, 0.2) is 0 Å². The molecule has 0 aliphatic carbocycles. The molecule has 0 saturated heterocycles. The van der Waals surface area contributed by atoms with Crippen molar-refractivity contribution in [2.45, 2.75) is 23.2 Å². The van der Waals surface area contributed by atoms with E-state index >= 15 is 0 Å². The summed E-state index contributed by atoms with van der Waals surface area (Å²) in [4.78, 5) is 16.8. The quantitative estimate of drug-likeness (QED) is 0.618.